The highest BCUT2D eigenvalue weighted by Gasteiger charge is 2.34. The predicted octanol–water partition coefficient (Wildman–Crippen LogP) is 5.01. The molecule has 0 heterocycles. The fourth-order valence-electron chi connectivity index (χ4n) is 2.69. The summed E-state index contributed by atoms with van der Waals surface area (Å²) in [6, 6.07) is 0.488. The Kier molecular flexibility index (Phi) is 6.18. The zero-order valence-corrected chi connectivity index (χ0v) is 13.5. The van der Waals surface area contributed by atoms with Crippen molar-refractivity contribution in [1.29, 1.82) is 0 Å². The van der Waals surface area contributed by atoms with Crippen LogP contribution in [0.5, 0.6) is 0 Å². The molecule has 2 nitrogen and oxygen atoms in total. The molecule has 0 bridgehead atoms. The summed E-state index contributed by atoms with van der Waals surface area (Å²) in [6.45, 7) is 12.2. The molecule has 0 aliphatic heterocycles. The first-order valence-corrected chi connectivity index (χ1v) is 8.03. The minimum atomic E-state index is -0.0703. The first-order chi connectivity index (χ1) is 8.92. The van der Waals surface area contributed by atoms with Crippen molar-refractivity contribution in [1.82, 2.24) is 4.90 Å². The van der Waals surface area contributed by atoms with Crippen molar-refractivity contribution in [3.05, 3.63) is 24.8 Å². The fraction of sp³-hybridized carbons (Fsp3) is 0.688. The summed E-state index contributed by atoms with van der Waals surface area (Å²) in [6.07, 6.45) is 10.6. The van der Waals surface area contributed by atoms with Crippen LogP contribution in [0.2, 0.25) is 0 Å². The number of carbonyl (C=O) groups excluding carboxylic acids is 1. The second-order valence-electron chi connectivity index (χ2n) is 5.81. The molecule has 0 N–H and O–H groups in total. The Balaban J connectivity index is 2.84. The summed E-state index contributed by atoms with van der Waals surface area (Å²) in [5, 5.41) is 0.193. The average Bonchev–Trinajstić information content (AvgIpc) is 2.28. The second-order valence-corrected chi connectivity index (χ2v) is 7.18. The van der Waals surface area contributed by atoms with Gasteiger partial charge in [-0.3, -0.25) is 4.79 Å². The molecule has 1 amide bonds. The maximum absolute atomic E-state index is 12.6. The second kappa shape index (κ2) is 7.18. The van der Waals surface area contributed by atoms with Gasteiger partial charge in [0, 0.05) is 16.8 Å². The number of allylic oxidation sites excluding steroid dienone is 2. The fourth-order valence-corrected chi connectivity index (χ4v) is 4.17. The molecule has 0 aromatic carbocycles. The van der Waals surface area contributed by atoms with Crippen LogP contribution in [0.25, 0.3) is 0 Å². The molecule has 0 fully saturated rings. The monoisotopic (exact) mass is 281 g/mol. The molecule has 1 aliphatic rings. The van der Waals surface area contributed by atoms with Crippen LogP contribution in [0.4, 0.5) is 4.79 Å². The van der Waals surface area contributed by atoms with Crippen LogP contribution in [0.3, 0.4) is 0 Å². The summed E-state index contributed by atoms with van der Waals surface area (Å²) < 4.78 is -0.0703. The molecule has 0 radical (unpaired) electrons. The van der Waals surface area contributed by atoms with Crippen LogP contribution >= 0.6 is 11.8 Å². The maximum atomic E-state index is 12.6. The van der Waals surface area contributed by atoms with Crippen LogP contribution in [0, 0.1) is 0 Å². The van der Waals surface area contributed by atoms with Gasteiger partial charge >= 0.3 is 0 Å². The molecule has 3 heteroatoms. The van der Waals surface area contributed by atoms with Gasteiger partial charge in [0.25, 0.3) is 5.24 Å². The summed E-state index contributed by atoms with van der Waals surface area (Å²) >= 11 is 1.49. The van der Waals surface area contributed by atoms with Crippen LogP contribution in [-0.4, -0.2) is 27.0 Å². The van der Waals surface area contributed by atoms with Crippen molar-refractivity contribution in [3.63, 3.8) is 0 Å². The molecule has 0 aromatic heterocycles. The highest BCUT2D eigenvalue weighted by Crippen LogP contribution is 2.40. The number of hydrogen-bond donors (Lipinski definition) is 0. The Morgan fingerprint density at radius 1 is 1.42 bits per heavy atom. The lowest BCUT2D eigenvalue weighted by atomic mass is 9.92. The normalized spacial score (nSPS) is 22.8. The van der Waals surface area contributed by atoms with Gasteiger partial charge < -0.3 is 4.90 Å². The van der Waals surface area contributed by atoms with Crippen LogP contribution in [-0.2, 0) is 0 Å². The largest absolute Gasteiger partial charge is 0.329 e. The summed E-state index contributed by atoms with van der Waals surface area (Å²) in [4.78, 5) is 14.6. The van der Waals surface area contributed by atoms with Gasteiger partial charge in [-0.1, -0.05) is 30.0 Å². The molecule has 0 saturated carbocycles. The van der Waals surface area contributed by atoms with Crippen LogP contribution < -0.4 is 0 Å². The van der Waals surface area contributed by atoms with Crippen molar-refractivity contribution < 1.29 is 4.79 Å². The van der Waals surface area contributed by atoms with Gasteiger partial charge in [0.2, 0.25) is 0 Å². The van der Waals surface area contributed by atoms with Gasteiger partial charge in [-0.05, 0) is 53.4 Å². The Bertz CT molecular complexity index is 341. The maximum Gasteiger partial charge on any atom is 0.282 e. The van der Waals surface area contributed by atoms with Crippen molar-refractivity contribution in [3.8, 4) is 0 Å². The van der Waals surface area contributed by atoms with E-state index < -0.39 is 0 Å². The number of thioether (sulfide) groups is 1. The van der Waals surface area contributed by atoms with Crippen molar-refractivity contribution in [2.45, 2.75) is 70.2 Å². The highest BCUT2D eigenvalue weighted by atomic mass is 32.2. The van der Waals surface area contributed by atoms with Crippen molar-refractivity contribution in [2.75, 3.05) is 0 Å². The number of nitrogens with zero attached hydrogens (tertiary/aromatic N) is 1. The molecular formula is C16H27NOS. The standard InChI is InChI=1S/C16H27NOS/c1-6-10-16(11-8-7-9-12-16)19-15(18)17(13(2)3)14(4)5/h6,8,11,13-14H,1,7,9-10,12H2,2-5H3/t16-/m0/s1. The zero-order valence-electron chi connectivity index (χ0n) is 12.7. The number of rotatable bonds is 5. The lowest BCUT2D eigenvalue weighted by Crippen LogP contribution is -2.42. The van der Waals surface area contributed by atoms with Gasteiger partial charge in [-0.15, -0.1) is 6.58 Å². The molecule has 1 atom stereocenters. The Hall–Kier alpha value is -0.700. The SMILES string of the molecule is C=CC[C@]1(SC(=O)N(C(C)C)C(C)C)C=CCCC1. The minimum Gasteiger partial charge on any atom is -0.329 e. The Labute approximate surface area is 122 Å². The average molecular weight is 281 g/mol. The number of hydrogen-bond acceptors (Lipinski definition) is 2. The first-order valence-electron chi connectivity index (χ1n) is 7.22. The third-order valence-corrected chi connectivity index (χ3v) is 4.80. The number of amides is 1. The van der Waals surface area contributed by atoms with Gasteiger partial charge in [0.15, 0.2) is 0 Å². The third kappa shape index (κ3) is 4.41. The van der Waals surface area contributed by atoms with Crippen LogP contribution in [0.15, 0.2) is 24.8 Å². The molecule has 0 unspecified atom stereocenters. The Morgan fingerprint density at radius 3 is 2.47 bits per heavy atom. The Morgan fingerprint density at radius 2 is 2.05 bits per heavy atom. The quantitative estimate of drug-likeness (QED) is 0.660. The highest BCUT2D eigenvalue weighted by molar-refractivity contribution is 8.14. The molecular weight excluding hydrogens is 254 g/mol. The molecule has 19 heavy (non-hydrogen) atoms. The van der Waals surface area contributed by atoms with Gasteiger partial charge in [-0.25, -0.2) is 0 Å². The van der Waals surface area contributed by atoms with E-state index in [4.69, 9.17) is 0 Å². The molecule has 0 spiro atoms. The van der Waals surface area contributed by atoms with Crippen molar-refractivity contribution in [2.24, 2.45) is 0 Å². The summed E-state index contributed by atoms with van der Waals surface area (Å²) in [5.41, 5.74) is 0. The van der Waals surface area contributed by atoms with E-state index in [9.17, 15) is 4.79 Å². The van der Waals surface area contributed by atoms with E-state index in [1.54, 1.807) is 0 Å². The topological polar surface area (TPSA) is 20.3 Å². The predicted molar refractivity (Wildman–Crippen MR) is 85.6 cm³/mol. The molecule has 0 saturated heterocycles. The lowest BCUT2D eigenvalue weighted by Gasteiger charge is -2.36. The zero-order chi connectivity index (χ0) is 14.5. The number of carbonyl (C=O) groups is 1. The van der Waals surface area contributed by atoms with E-state index >= 15 is 0 Å². The van der Waals surface area contributed by atoms with Crippen molar-refractivity contribution >= 4 is 17.0 Å². The summed E-state index contributed by atoms with van der Waals surface area (Å²) in [7, 11) is 0. The lowest BCUT2D eigenvalue weighted by molar-refractivity contribution is 0.189. The van der Waals surface area contributed by atoms with E-state index in [1.807, 2.05) is 11.0 Å². The molecule has 1 aliphatic carbocycles. The van der Waals surface area contributed by atoms with Gasteiger partial charge in [-0.2, -0.15) is 0 Å². The smallest absolute Gasteiger partial charge is 0.282 e. The minimum absolute atomic E-state index is 0.0703. The third-order valence-electron chi connectivity index (χ3n) is 3.50. The van der Waals surface area contributed by atoms with E-state index in [0.29, 0.717) is 0 Å². The van der Waals surface area contributed by atoms with E-state index in [1.165, 1.54) is 11.8 Å². The van der Waals surface area contributed by atoms with Gasteiger partial charge in [0.05, 0.1) is 0 Å². The molecule has 108 valence electrons. The van der Waals surface area contributed by atoms with E-state index in [0.717, 1.165) is 25.7 Å². The van der Waals surface area contributed by atoms with Gasteiger partial charge in [0.1, 0.15) is 0 Å². The summed E-state index contributed by atoms with van der Waals surface area (Å²) in [5.74, 6) is 0. The molecule has 1 rings (SSSR count). The van der Waals surface area contributed by atoms with Crippen LogP contribution in [0.1, 0.15) is 53.4 Å². The molecule has 0 aromatic rings. The van der Waals surface area contributed by atoms with E-state index in [2.05, 4.69) is 46.4 Å². The van der Waals surface area contributed by atoms with E-state index in [-0.39, 0.29) is 22.1 Å². The first kappa shape index (κ1) is 16.4.